The molecule has 2 nitrogen and oxygen atoms in total. The third-order valence-electron chi connectivity index (χ3n) is 2.76. The molecule has 0 amide bonds. The van der Waals surface area contributed by atoms with Gasteiger partial charge in [-0.2, -0.15) is 0 Å². The van der Waals surface area contributed by atoms with Gasteiger partial charge in [0.05, 0.1) is 24.4 Å². The number of carbonyl (C=O) groups excluding carboxylic acids is 1. The van der Waals surface area contributed by atoms with E-state index in [9.17, 15) is 4.79 Å². The minimum atomic E-state index is -1.35. The van der Waals surface area contributed by atoms with Crippen molar-refractivity contribution >= 4 is 42.2 Å². The second kappa shape index (κ2) is 7.76. The Morgan fingerprint density at radius 3 is 2.40 bits per heavy atom. The van der Waals surface area contributed by atoms with E-state index in [1.807, 2.05) is 12.1 Å². The van der Waals surface area contributed by atoms with E-state index in [2.05, 4.69) is 25.4 Å². The van der Waals surface area contributed by atoms with Gasteiger partial charge in [0.2, 0.25) is 0 Å². The molecule has 0 aliphatic heterocycles. The highest BCUT2D eigenvalue weighted by Gasteiger charge is 2.17. The molecule has 5 heteroatoms. The molecular weight excluding hydrogens is 304 g/mol. The number of hydrogen-bond acceptors (Lipinski definition) is 4. The third kappa shape index (κ3) is 5.23. The summed E-state index contributed by atoms with van der Waals surface area (Å²) in [6.45, 7) is 10.6. The van der Waals surface area contributed by atoms with Gasteiger partial charge in [-0.25, -0.2) is 4.79 Å². The lowest BCUT2D eigenvalue weighted by atomic mass is 10.1. The molecule has 108 valence electrons. The molecule has 0 saturated heterocycles. The fourth-order valence-electron chi connectivity index (χ4n) is 1.35. The predicted molar refractivity (Wildman–Crippen MR) is 94.2 cm³/mol. The van der Waals surface area contributed by atoms with Crippen molar-refractivity contribution < 1.29 is 9.53 Å². The van der Waals surface area contributed by atoms with Crippen molar-refractivity contribution in [2.75, 3.05) is 12.0 Å². The molecule has 0 aromatic heterocycles. The fraction of sp³-hybridized carbons (Fsp3) is 0.333. The maximum absolute atomic E-state index is 11.6. The van der Waals surface area contributed by atoms with Crippen LogP contribution >= 0.6 is 24.0 Å². The number of carbonyl (C=O) groups is 1. The largest absolute Gasteiger partial charge is 0.462 e. The van der Waals surface area contributed by atoms with Gasteiger partial charge in [0.25, 0.3) is 0 Å². The van der Waals surface area contributed by atoms with E-state index in [4.69, 9.17) is 17.0 Å². The Hall–Kier alpha value is -0.913. The summed E-state index contributed by atoms with van der Waals surface area (Å²) >= 11 is 7.12. The van der Waals surface area contributed by atoms with Crippen LogP contribution in [0.4, 0.5) is 0 Å². The van der Waals surface area contributed by atoms with E-state index in [0.717, 1.165) is 15.1 Å². The predicted octanol–water partition coefficient (Wildman–Crippen LogP) is 4.24. The fourth-order valence-corrected chi connectivity index (χ4v) is 4.80. The molecule has 0 bridgehead atoms. The van der Waals surface area contributed by atoms with Crippen molar-refractivity contribution in [3.63, 3.8) is 0 Å². The summed E-state index contributed by atoms with van der Waals surface area (Å²) in [4.78, 5) is 11.6. The van der Waals surface area contributed by atoms with Crippen LogP contribution in [0.3, 0.4) is 0 Å². The first-order valence-electron chi connectivity index (χ1n) is 6.47. The molecule has 0 unspecified atom stereocenters. The highest BCUT2D eigenvalue weighted by Crippen LogP contribution is 2.20. The molecule has 0 saturated carbocycles. The molecule has 1 aromatic rings. The molecule has 1 aromatic carbocycles. The third-order valence-corrected chi connectivity index (χ3v) is 8.51. The zero-order chi connectivity index (χ0) is 15.2. The van der Waals surface area contributed by atoms with Crippen LogP contribution in [0.25, 0.3) is 0 Å². The van der Waals surface area contributed by atoms with Crippen LogP contribution < -0.4 is 0 Å². The minimum absolute atomic E-state index is 0.294. The molecule has 0 heterocycles. The summed E-state index contributed by atoms with van der Waals surface area (Å²) in [5.41, 5.74) is 3.61. The number of benzene rings is 1. The van der Waals surface area contributed by atoms with Gasteiger partial charge in [-0.3, -0.25) is 0 Å². The van der Waals surface area contributed by atoms with Gasteiger partial charge in [0.15, 0.2) is 0 Å². The molecule has 0 aliphatic rings. The van der Waals surface area contributed by atoms with Crippen molar-refractivity contribution in [3.8, 4) is 0 Å². The van der Waals surface area contributed by atoms with Crippen molar-refractivity contribution in [1.82, 2.24) is 0 Å². The molecule has 20 heavy (non-hydrogen) atoms. The number of ether oxygens (including phenoxy) is 1. The smallest absolute Gasteiger partial charge is 0.338 e. The van der Waals surface area contributed by atoms with Crippen LogP contribution in [-0.4, -0.2) is 30.2 Å². The van der Waals surface area contributed by atoms with Gasteiger partial charge >= 0.3 is 5.97 Å². The Morgan fingerprint density at radius 2 is 1.90 bits per heavy atom. The number of rotatable bonds is 6. The summed E-state index contributed by atoms with van der Waals surface area (Å²) in [6.07, 6.45) is 0. The van der Waals surface area contributed by atoms with Gasteiger partial charge in [-0.15, -0.1) is 24.0 Å². The van der Waals surface area contributed by atoms with E-state index in [0.29, 0.717) is 12.2 Å². The van der Waals surface area contributed by atoms with E-state index < -0.39 is 8.07 Å². The van der Waals surface area contributed by atoms with E-state index in [1.54, 1.807) is 30.8 Å². The average Bonchev–Trinajstić information content (AvgIpc) is 2.45. The van der Waals surface area contributed by atoms with Gasteiger partial charge in [0.1, 0.15) is 0 Å². The number of hydrogen-bond donors (Lipinski definition) is 0. The van der Waals surface area contributed by atoms with Gasteiger partial charge in [0, 0.05) is 0 Å². The average molecular weight is 325 g/mol. The van der Waals surface area contributed by atoms with E-state index in [1.165, 1.54) is 0 Å². The van der Waals surface area contributed by atoms with Crippen molar-refractivity contribution in [3.05, 3.63) is 47.7 Å². The second-order valence-corrected chi connectivity index (χ2v) is 12.0. The standard InChI is InChI=1S/C15H20O2S2Si/c1-5-17-14(16)12-7-9-13(10-8-12)15(18)19-11-20(3,4)6-2/h6-10H,2,5,11H2,1,3-4H3. The van der Waals surface area contributed by atoms with Crippen LogP contribution in [0.2, 0.25) is 13.1 Å². The second-order valence-electron chi connectivity index (χ2n) is 5.07. The highest BCUT2D eigenvalue weighted by atomic mass is 32.2. The molecule has 0 fully saturated rings. The number of esters is 1. The summed E-state index contributed by atoms with van der Waals surface area (Å²) in [5, 5.41) is 1.02. The van der Waals surface area contributed by atoms with Crippen LogP contribution in [-0.2, 0) is 4.74 Å². The quantitative estimate of drug-likeness (QED) is 0.444. The SMILES string of the molecule is C=C[Si](C)(C)CSC(=S)c1ccc(C(=O)OCC)cc1. The molecule has 0 radical (unpaired) electrons. The normalized spacial score (nSPS) is 10.9. The summed E-state index contributed by atoms with van der Waals surface area (Å²) in [7, 11) is -1.35. The molecule has 1 rings (SSSR count). The number of thioether (sulfide) groups is 1. The lowest BCUT2D eigenvalue weighted by Gasteiger charge is -2.16. The Labute approximate surface area is 131 Å². The monoisotopic (exact) mass is 324 g/mol. The Balaban J connectivity index is 2.66. The highest BCUT2D eigenvalue weighted by molar-refractivity contribution is 8.24. The van der Waals surface area contributed by atoms with E-state index >= 15 is 0 Å². The van der Waals surface area contributed by atoms with Gasteiger partial charge in [-0.05, 0) is 30.0 Å². The molecule has 0 aliphatic carbocycles. The zero-order valence-corrected chi connectivity index (χ0v) is 14.8. The Bertz CT molecular complexity index is 495. The maximum Gasteiger partial charge on any atom is 0.338 e. The van der Waals surface area contributed by atoms with Crippen LogP contribution in [0, 0.1) is 0 Å². The van der Waals surface area contributed by atoms with Crippen molar-refractivity contribution in [2.24, 2.45) is 0 Å². The lowest BCUT2D eigenvalue weighted by Crippen LogP contribution is -2.27. The maximum atomic E-state index is 11.6. The topological polar surface area (TPSA) is 26.3 Å². The van der Waals surface area contributed by atoms with Crippen LogP contribution in [0.1, 0.15) is 22.8 Å². The molecule has 0 spiro atoms. The lowest BCUT2D eigenvalue weighted by molar-refractivity contribution is 0.0526. The van der Waals surface area contributed by atoms with Crippen molar-refractivity contribution in [1.29, 1.82) is 0 Å². The first-order valence-corrected chi connectivity index (χ1v) is 11.2. The van der Waals surface area contributed by atoms with Crippen LogP contribution in [0.5, 0.6) is 0 Å². The summed E-state index contributed by atoms with van der Waals surface area (Å²) in [5.74, 6) is -0.294. The van der Waals surface area contributed by atoms with Crippen molar-refractivity contribution in [2.45, 2.75) is 20.0 Å². The first-order chi connectivity index (χ1) is 9.39. The van der Waals surface area contributed by atoms with E-state index in [-0.39, 0.29) is 5.97 Å². The Morgan fingerprint density at radius 1 is 1.35 bits per heavy atom. The Kier molecular flexibility index (Phi) is 6.65. The van der Waals surface area contributed by atoms with Crippen LogP contribution in [0.15, 0.2) is 36.5 Å². The number of thiocarbonyl (C=S) groups is 1. The molecule has 0 atom stereocenters. The van der Waals surface area contributed by atoms with Gasteiger partial charge < -0.3 is 4.74 Å². The summed E-state index contributed by atoms with van der Waals surface area (Å²) < 4.78 is 5.82. The van der Waals surface area contributed by atoms with Gasteiger partial charge in [-0.1, -0.05) is 37.4 Å². The zero-order valence-electron chi connectivity index (χ0n) is 12.1. The first kappa shape index (κ1) is 17.1. The summed E-state index contributed by atoms with van der Waals surface area (Å²) in [6, 6.07) is 7.28. The molecule has 0 N–H and O–H groups in total. The molecular formula is C15H20O2S2Si. The minimum Gasteiger partial charge on any atom is -0.462 e.